The second-order valence-corrected chi connectivity index (χ2v) is 5.01. The summed E-state index contributed by atoms with van der Waals surface area (Å²) in [6.07, 6.45) is 2.90. The zero-order valence-corrected chi connectivity index (χ0v) is 10.6. The van der Waals surface area contributed by atoms with Gasteiger partial charge in [0, 0.05) is 30.4 Å². The smallest absolute Gasteiger partial charge is 0.182 e. The molecule has 4 nitrogen and oxygen atoms in total. The maximum atomic E-state index is 12.6. The van der Waals surface area contributed by atoms with Crippen molar-refractivity contribution in [2.45, 2.75) is 18.4 Å². The molecule has 98 valence electrons. The van der Waals surface area contributed by atoms with Gasteiger partial charge >= 0.3 is 0 Å². The third-order valence-corrected chi connectivity index (χ3v) is 3.70. The lowest BCUT2D eigenvalue weighted by atomic mass is 9.83. The minimum Gasteiger partial charge on any atom is -0.381 e. The average Bonchev–Trinajstić information content (AvgIpc) is 2.47. The number of hydrogen-bond acceptors (Lipinski definition) is 4. The highest BCUT2D eigenvalue weighted by Gasteiger charge is 2.36. The fourth-order valence-corrected chi connectivity index (χ4v) is 2.47. The molecule has 1 aromatic carbocycles. The summed E-state index contributed by atoms with van der Waals surface area (Å²) in [4.78, 5) is 16.8. The minimum atomic E-state index is -0.784. The summed E-state index contributed by atoms with van der Waals surface area (Å²) in [5.74, 6) is 0.00144. The summed E-state index contributed by atoms with van der Waals surface area (Å²) < 4.78 is 5.28. The minimum absolute atomic E-state index is 0.00144. The molecule has 4 heteroatoms. The number of carbonyl (C=O) groups is 1. The van der Waals surface area contributed by atoms with Crippen LogP contribution >= 0.6 is 0 Å². The van der Waals surface area contributed by atoms with E-state index in [0.717, 1.165) is 10.9 Å². The van der Waals surface area contributed by atoms with E-state index < -0.39 is 5.54 Å². The molecule has 1 aliphatic rings. The standard InChI is InChI=1S/C15H16N2O2/c16-15(5-8-19-9-6-15)14(18)12-3-4-13-11(10-12)2-1-7-17-13/h1-4,7,10H,5-6,8-9,16H2. The molecule has 1 saturated heterocycles. The highest BCUT2D eigenvalue weighted by atomic mass is 16.5. The predicted octanol–water partition coefficient (Wildman–Crippen LogP) is 1.93. The Morgan fingerprint density at radius 1 is 1.26 bits per heavy atom. The van der Waals surface area contributed by atoms with Gasteiger partial charge in [0.2, 0.25) is 0 Å². The first kappa shape index (κ1) is 12.3. The second-order valence-electron chi connectivity index (χ2n) is 5.01. The first-order chi connectivity index (χ1) is 9.19. The molecule has 1 aromatic heterocycles. The number of nitrogens with two attached hydrogens (primary N) is 1. The molecule has 0 unspecified atom stereocenters. The van der Waals surface area contributed by atoms with E-state index in [-0.39, 0.29) is 5.78 Å². The van der Waals surface area contributed by atoms with Crippen molar-refractivity contribution in [1.29, 1.82) is 0 Å². The first-order valence-electron chi connectivity index (χ1n) is 6.45. The summed E-state index contributed by atoms with van der Waals surface area (Å²) in [6.45, 7) is 1.11. The summed E-state index contributed by atoms with van der Waals surface area (Å²) in [7, 11) is 0. The molecule has 2 N–H and O–H groups in total. The molecule has 19 heavy (non-hydrogen) atoms. The third-order valence-electron chi connectivity index (χ3n) is 3.70. The van der Waals surface area contributed by atoms with Crippen molar-refractivity contribution in [2.75, 3.05) is 13.2 Å². The second kappa shape index (κ2) is 4.72. The molecular formula is C15H16N2O2. The Kier molecular flexibility index (Phi) is 3.05. The van der Waals surface area contributed by atoms with Crippen LogP contribution in [-0.2, 0) is 4.74 Å². The molecule has 0 amide bonds. The Bertz CT molecular complexity index is 618. The van der Waals surface area contributed by atoms with Gasteiger partial charge in [-0.05, 0) is 37.1 Å². The normalized spacial score (nSPS) is 18.4. The van der Waals surface area contributed by atoms with Crippen LogP contribution in [0.5, 0.6) is 0 Å². The van der Waals surface area contributed by atoms with Gasteiger partial charge in [-0.2, -0.15) is 0 Å². The Hall–Kier alpha value is -1.78. The van der Waals surface area contributed by atoms with Crippen LogP contribution in [0.2, 0.25) is 0 Å². The Morgan fingerprint density at radius 2 is 2.05 bits per heavy atom. The van der Waals surface area contributed by atoms with E-state index in [0.29, 0.717) is 31.6 Å². The molecule has 0 bridgehead atoms. The third kappa shape index (κ3) is 2.25. The Labute approximate surface area is 111 Å². The van der Waals surface area contributed by atoms with E-state index in [1.54, 1.807) is 6.20 Å². The van der Waals surface area contributed by atoms with Crippen LogP contribution in [0.15, 0.2) is 36.5 Å². The molecule has 0 saturated carbocycles. The van der Waals surface area contributed by atoms with Crippen LogP contribution in [0.3, 0.4) is 0 Å². The topological polar surface area (TPSA) is 65.2 Å². The summed E-state index contributed by atoms with van der Waals surface area (Å²) in [5, 5.41) is 0.962. The van der Waals surface area contributed by atoms with Gasteiger partial charge in [-0.25, -0.2) is 0 Å². The number of nitrogens with zero attached hydrogens (tertiary/aromatic N) is 1. The number of carbonyl (C=O) groups excluding carboxylic acids is 1. The number of ketones is 1. The molecule has 2 heterocycles. The maximum Gasteiger partial charge on any atom is 0.182 e. The lowest BCUT2D eigenvalue weighted by molar-refractivity contribution is 0.0448. The van der Waals surface area contributed by atoms with Gasteiger partial charge in [-0.3, -0.25) is 9.78 Å². The maximum absolute atomic E-state index is 12.6. The molecular weight excluding hydrogens is 240 g/mol. The van der Waals surface area contributed by atoms with Crippen LogP contribution in [-0.4, -0.2) is 29.5 Å². The van der Waals surface area contributed by atoms with Crippen LogP contribution in [0, 0.1) is 0 Å². The zero-order valence-electron chi connectivity index (χ0n) is 10.6. The van der Waals surface area contributed by atoms with Gasteiger partial charge in [-0.15, -0.1) is 0 Å². The van der Waals surface area contributed by atoms with Crippen molar-refractivity contribution in [2.24, 2.45) is 5.73 Å². The van der Waals surface area contributed by atoms with Crippen LogP contribution in [0.1, 0.15) is 23.2 Å². The van der Waals surface area contributed by atoms with Crippen molar-refractivity contribution < 1.29 is 9.53 Å². The highest BCUT2D eigenvalue weighted by Crippen LogP contribution is 2.24. The largest absolute Gasteiger partial charge is 0.381 e. The fourth-order valence-electron chi connectivity index (χ4n) is 2.47. The number of rotatable bonds is 2. The first-order valence-corrected chi connectivity index (χ1v) is 6.45. The number of ether oxygens (including phenoxy) is 1. The number of benzene rings is 1. The van der Waals surface area contributed by atoms with Gasteiger partial charge in [-0.1, -0.05) is 6.07 Å². The Balaban J connectivity index is 1.97. The van der Waals surface area contributed by atoms with Crippen molar-refractivity contribution in [3.63, 3.8) is 0 Å². The summed E-state index contributed by atoms with van der Waals surface area (Å²) in [5.41, 5.74) is 6.99. The number of aromatic nitrogens is 1. The Morgan fingerprint density at radius 3 is 2.84 bits per heavy atom. The molecule has 0 atom stereocenters. The number of pyridine rings is 1. The van der Waals surface area contributed by atoms with Gasteiger partial charge in [0.25, 0.3) is 0 Å². The summed E-state index contributed by atoms with van der Waals surface area (Å²) in [6, 6.07) is 9.36. The molecule has 0 radical (unpaired) electrons. The molecule has 1 fully saturated rings. The molecule has 3 rings (SSSR count). The van der Waals surface area contributed by atoms with Crippen LogP contribution < -0.4 is 5.73 Å². The van der Waals surface area contributed by atoms with Gasteiger partial charge < -0.3 is 10.5 Å². The van der Waals surface area contributed by atoms with E-state index in [9.17, 15) is 4.79 Å². The van der Waals surface area contributed by atoms with Crippen molar-refractivity contribution in [1.82, 2.24) is 4.98 Å². The van der Waals surface area contributed by atoms with E-state index in [1.165, 1.54) is 0 Å². The zero-order chi connectivity index (χ0) is 13.3. The van der Waals surface area contributed by atoms with Crippen molar-refractivity contribution in [3.8, 4) is 0 Å². The van der Waals surface area contributed by atoms with E-state index in [1.807, 2.05) is 30.3 Å². The predicted molar refractivity (Wildman–Crippen MR) is 73.0 cm³/mol. The lowest BCUT2D eigenvalue weighted by Gasteiger charge is -2.31. The highest BCUT2D eigenvalue weighted by molar-refractivity contribution is 6.05. The number of Topliss-reactive ketones (excluding diaryl/α,β-unsaturated/α-hetero) is 1. The molecule has 0 aliphatic carbocycles. The van der Waals surface area contributed by atoms with E-state index in [2.05, 4.69) is 4.98 Å². The van der Waals surface area contributed by atoms with E-state index in [4.69, 9.17) is 10.5 Å². The summed E-state index contributed by atoms with van der Waals surface area (Å²) >= 11 is 0. The number of hydrogen-bond donors (Lipinski definition) is 1. The monoisotopic (exact) mass is 256 g/mol. The van der Waals surface area contributed by atoms with E-state index >= 15 is 0 Å². The number of fused-ring (bicyclic) bond motifs is 1. The van der Waals surface area contributed by atoms with Crippen LogP contribution in [0.4, 0.5) is 0 Å². The van der Waals surface area contributed by atoms with Gasteiger partial charge in [0.05, 0.1) is 11.1 Å². The lowest BCUT2D eigenvalue weighted by Crippen LogP contribution is -2.51. The van der Waals surface area contributed by atoms with Crippen molar-refractivity contribution in [3.05, 3.63) is 42.1 Å². The fraction of sp³-hybridized carbons (Fsp3) is 0.333. The molecule has 0 spiro atoms. The molecule has 1 aliphatic heterocycles. The van der Waals surface area contributed by atoms with Crippen molar-refractivity contribution >= 4 is 16.7 Å². The average molecular weight is 256 g/mol. The SMILES string of the molecule is NC1(C(=O)c2ccc3ncccc3c2)CCOCC1. The van der Waals surface area contributed by atoms with Gasteiger partial charge in [0.15, 0.2) is 5.78 Å². The van der Waals surface area contributed by atoms with Crippen LogP contribution in [0.25, 0.3) is 10.9 Å². The molecule has 2 aromatic rings. The van der Waals surface area contributed by atoms with Gasteiger partial charge in [0.1, 0.15) is 0 Å². The quantitative estimate of drug-likeness (QED) is 0.834.